The summed E-state index contributed by atoms with van der Waals surface area (Å²) in [6, 6.07) is 11.0. The Bertz CT molecular complexity index is 2270. The molecule has 1 spiro atoms. The highest BCUT2D eigenvalue weighted by Crippen LogP contribution is 2.45. The van der Waals surface area contributed by atoms with E-state index in [0.717, 1.165) is 46.3 Å². The smallest absolute Gasteiger partial charge is 0.407 e. The van der Waals surface area contributed by atoms with Crippen LogP contribution in [0.25, 0.3) is 22.3 Å². The van der Waals surface area contributed by atoms with Crippen LogP contribution in [0.4, 0.5) is 14.0 Å². The molecule has 0 saturated carbocycles. The molecule has 6 atom stereocenters. The second kappa shape index (κ2) is 17.7. The zero-order chi connectivity index (χ0) is 42.7. The Balaban J connectivity index is 1.06. The van der Waals surface area contributed by atoms with Gasteiger partial charge in [0.1, 0.15) is 23.7 Å². The van der Waals surface area contributed by atoms with Crippen molar-refractivity contribution in [1.29, 1.82) is 0 Å². The summed E-state index contributed by atoms with van der Waals surface area (Å²) >= 11 is 0. The van der Waals surface area contributed by atoms with Gasteiger partial charge in [0.05, 0.1) is 68.0 Å². The largest absolute Gasteiger partial charge is 0.453 e. The second-order valence-electron chi connectivity index (χ2n) is 16.7. The number of nitrogens with one attached hydrogen (secondary N) is 4. The molecule has 15 nitrogen and oxygen atoms in total. The minimum atomic E-state index is -0.831. The number of hydrogen-bond donors (Lipinski definition) is 4. The lowest BCUT2D eigenvalue weighted by atomic mass is 9.96. The first-order valence-corrected chi connectivity index (χ1v) is 20.5. The van der Waals surface area contributed by atoms with Gasteiger partial charge in [0.25, 0.3) is 0 Å². The summed E-state index contributed by atoms with van der Waals surface area (Å²) < 4.78 is 29.7. The van der Waals surface area contributed by atoms with Crippen LogP contribution >= 0.6 is 0 Å². The van der Waals surface area contributed by atoms with Gasteiger partial charge in [0, 0.05) is 36.6 Å². The van der Waals surface area contributed by atoms with Crippen molar-refractivity contribution >= 4 is 35.0 Å². The highest BCUT2D eigenvalue weighted by atomic mass is 19.1. The highest BCUT2D eigenvalue weighted by Gasteiger charge is 2.51. The average Bonchev–Trinajstić information content (AvgIpc) is 4.10. The number of carbonyl (C=O) groups is 4. The Morgan fingerprint density at radius 1 is 0.900 bits per heavy atom. The number of hydrogen-bond acceptors (Lipinski definition) is 9. The molecule has 318 valence electrons. The van der Waals surface area contributed by atoms with Gasteiger partial charge in [-0.3, -0.25) is 14.0 Å². The van der Waals surface area contributed by atoms with Crippen molar-refractivity contribution in [2.45, 2.75) is 83.1 Å². The van der Waals surface area contributed by atoms with Gasteiger partial charge in [-0.2, -0.15) is 0 Å². The quantitative estimate of drug-likeness (QED) is 0.144. The van der Waals surface area contributed by atoms with Crippen molar-refractivity contribution in [1.82, 2.24) is 40.4 Å². The van der Waals surface area contributed by atoms with Gasteiger partial charge in [-0.05, 0) is 67.0 Å². The molecule has 0 bridgehead atoms. The molecule has 7 rings (SSSR count). The van der Waals surface area contributed by atoms with Crippen LogP contribution in [0.15, 0.2) is 48.7 Å². The fraction of sp³-hybridized carbons (Fsp3) is 0.500. The maximum Gasteiger partial charge on any atom is 0.407 e. The molecule has 5 heterocycles. The minimum absolute atomic E-state index is 0.170. The maximum atomic E-state index is 14.0. The minimum Gasteiger partial charge on any atom is -0.453 e. The molecule has 4 aromatic rings. The van der Waals surface area contributed by atoms with Gasteiger partial charge in [-0.15, -0.1) is 0 Å². The number of nitrogens with zero attached hydrogens (tertiary/aromatic N) is 4. The summed E-state index contributed by atoms with van der Waals surface area (Å²) in [6.45, 7) is 8.14. The number of likely N-dealkylation sites (tertiary alicyclic amines) is 2. The zero-order valence-electron chi connectivity index (χ0n) is 34.8. The van der Waals surface area contributed by atoms with Gasteiger partial charge < -0.3 is 44.6 Å². The fourth-order valence-electron chi connectivity index (χ4n) is 8.55. The molecule has 3 saturated heterocycles. The average molecular weight is 825 g/mol. The zero-order valence-corrected chi connectivity index (χ0v) is 34.8. The third kappa shape index (κ3) is 8.81. The van der Waals surface area contributed by atoms with E-state index < -0.39 is 42.6 Å². The molecule has 0 aliphatic carbocycles. The third-order valence-corrected chi connectivity index (χ3v) is 11.8. The number of H-pyrrole nitrogens is 2. The Hall–Kier alpha value is -5.95. The van der Waals surface area contributed by atoms with Crippen LogP contribution in [-0.4, -0.2) is 112 Å². The summed E-state index contributed by atoms with van der Waals surface area (Å²) in [5.74, 6) is 6.44. The van der Waals surface area contributed by atoms with E-state index >= 15 is 0 Å². The Kier molecular flexibility index (Phi) is 12.5. The molecule has 4 amide bonds. The summed E-state index contributed by atoms with van der Waals surface area (Å²) in [5.41, 5.74) is 4.25. The van der Waals surface area contributed by atoms with Gasteiger partial charge in [0.15, 0.2) is 0 Å². The number of carbonyl (C=O) groups excluding carboxylic acids is 4. The molecule has 2 aromatic heterocycles. The molecular formula is C44H53FN8O7. The standard InChI is InChI=1S/C44H53FN8O7/c1-25(2)36(50-42(56)58-5)40(54)52-23-29(21-45)19-34(52)38-46-22-33(49-38)30-13-10-27(11-14-30)8-9-28-12-15-31-32(18-28)48-39(47-31)35-20-44(16-7-17-60-44)24-53(35)41(55)37(26(3)4)51-43(57)59-6/h10-15,18,22,25-26,29,34-37H,7,16-17,19-21,23-24H2,1-6H3,(H,46,49)(H,47,48)(H,50,56)(H,51,57)/t29-,34+,35+,36+,37+,44+/m1/s1. The lowest BCUT2D eigenvalue weighted by Crippen LogP contribution is -2.51. The summed E-state index contributed by atoms with van der Waals surface area (Å²) in [6.07, 6.45) is 3.10. The topological polar surface area (TPSA) is 184 Å². The van der Waals surface area contributed by atoms with Crippen molar-refractivity contribution in [3.05, 3.63) is 71.4 Å². The molecule has 0 radical (unpaired) electrons. The lowest BCUT2D eigenvalue weighted by molar-refractivity contribution is -0.136. The Morgan fingerprint density at radius 3 is 2.17 bits per heavy atom. The fourth-order valence-corrected chi connectivity index (χ4v) is 8.55. The monoisotopic (exact) mass is 824 g/mol. The molecule has 16 heteroatoms. The number of halogens is 1. The number of ether oxygens (including phenoxy) is 3. The summed E-state index contributed by atoms with van der Waals surface area (Å²) in [5, 5.41) is 5.35. The van der Waals surface area contributed by atoms with E-state index in [4.69, 9.17) is 19.2 Å². The Morgan fingerprint density at radius 2 is 1.55 bits per heavy atom. The van der Waals surface area contributed by atoms with Crippen LogP contribution < -0.4 is 10.6 Å². The van der Waals surface area contributed by atoms with Crippen LogP contribution in [0.1, 0.15) is 88.2 Å². The second-order valence-corrected chi connectivity index (χ2v) is 16.7. The van der Waals surface area contributed by atoms with Crippen molar-refractivity contribution < 1.29 is 37.8 Å². The van der Waals surface area contributed by atoms with Gasteiger partial charge >= 0.3 is 12.2 Å². The van der Waals surface area contributed by atoms with E-state index in [1.165, 1.54) is 14.2 Å². The number of fused-ring (bicyclic) bond motifs is 1. The van der Waals surface area contributed by atoms with Crippen molar-refractivity contribution in [2.24, 2.45) is 17.8 Å². The van der Waals surface area contributed by atoms with E-state index in [-0.39, 0.29) is 42.2 Å². The maximum absolute atomic E-state index is 14.0. The predicted octanol–water partition coefficient (Wildman–Crippen LogP) is 5.80. The van der Waals surface area contributed by atoms with Crippen LogP contribution in [0.5, 0.6) is 0 Å². The molecule has 2 aromatic carbocycles. The molecule has 0 unspecified atom stereocenters. The molecule has 3 aliphatic rings. The molecule has 3 aliphatic heterocycles. The normalized spacial score (nSPS) is 22.2. The molecule has 60 heavy (non-hydrogen) atoms. The van der Waals surface area contributed by atoms with Gasteiger partial charge in [-0.1, -0.05) is 51.7 Å². The van der Waals surface area contributed by atoms with E-state index in [9.17, 15) is 23.6 Å². The van der Waals surface area contributed by atoms with Crippen LogP contribution in [0.2, 0.25) is 0 Å². The summed E-state index contributed by atoms with van der Waals surface area (Å²) in [7, 11) is 2.52. The first kappa shape index (κ1) is 42.2. The van der Waals surface area contributed by atoms with Crippen molar-refractivity contribution in [2.75, 3.05) is 40.6 Å². The number of aromatic nitrogens is 4. The summed E-state index contributed by atoms with van der Waals surface area (Å²) in [4.78, 5) is 71.6. The molecule has 3 fully saturated rings. The third-order valence-electron chi connectivity index (χ3n) is 11.8. The number of rotatable bonds is 10. The van der Waals surface area contributed by atoms with Crippen LogP contribution in [0, 0.1) is 29.6 Å². The molecular weight excluding hydrogens is 772 g/mol. The number of imidazole rings is 2. The number of benzene rings is 2. The SMILES string of the molecule is COC(=O)N[C@H](C(=O)N1C[C@@H](CF)C[C@H]1c1ncc(-c2ccc(C#Cc3ccc4nc([C@@H]5C[C@@]6(CCCO6)CN5C(=O)[C@@H](NC(=O)OC)C(C)C)[nH]c4c3)cc2)[nH]1)C(C)C. The number of methoxy groups -OCH3 is 2. The number of alkyl carbamates (subject to hydrolysis) is 2. The van der Waals surface area contributed by atoms with E-state index in [0.29, 0.717) is 37.6 Å². The lowest BCUT2D eigenvalue weighted by Gasteiger charge is -2.30. The van der Waals surface area contributed by atoms with Gasteiger partial charge in [0.2, 0.25) is 11.8 Å². The van der Waals surface area contributed by atoms with E-state index in [2.05, 4.69) is 37.4 Å². The van der Waals surface area contributed by atoms with Crippen LogP contribution in [0.3, 0.4) is 0 Å². The number of alkyl halides is 1. The number of amides is 4. The van der Waals surface area contributed by atoms with E-state index in [1.807, 2.05) is 70.2 Å². The van der Waals surface area contributed by atoms with Crippen molar-refractivity contribution in [3.63, 3.8) is 0 Å². The Labute approximate surface area is 348 Å². The predicted molar refractivity (Wildman–Crippen MR) is 220 cm³/mol. The first-order chi connectivity index (χ1) is 28.8. The van der Waals surface area contributed by atoms with Crippen molar-refractivity contribution in [3.8, 4) is 23.1 Å². The first-order valence-electron chi connectivity index (χ1n) is 20.5. The van der Waals surface area contributed by atoms with Gasteiger partial charge in [-0.25, -0.2) is 19.6 Å². The van der Waals surface area contributed by atoms with Crippen LogP contribution in [-0.2, 0) is 23.8 Å². The highest BCUT2D eigenvalue weighted by molar-refractivity contribution is 5.87. The molecule has 4 N–H and O–H groups in total. The number of aromatic amines is 2. The van der Waals surface area contributed by atoms with E-state index in [1.54, 1.807) is 16.0 Å².